The van der Waals surface area contributed by atoms with Crippen LogP contribution in [0.2, 0.25) is 5.02 Å². The molecule has 0 radical (unpaired) electrons. The Balaban J connectivity index is 1.72. The number of nitrogens with one attached hydrogen (secondary N) is 2. The lowest BCUT2D eigenvalue weighted by atomic mass is 10.1. The summed E-state index contributed by atoms with van der Waals surface area (Å²) in [5.74, 6) is -0.506. The SMILES string of the molecule is CNS(=O)(=O)c1ccc(C(=O)NCC(c2cccc(Cl)c2)N2CCCC2)o1. The molecule has 0 aliphatic carbocycles. The number of halogens is 1. The van der Waals surface area contributed by atoms with Crippen LogP contribution in [-0.4, -0.2) is 45.9 Å². The summed E-state index contributed by atoms with van der Waals surface area (Å²) in [7, 11) is -2.44. The van der Waals surface area contributed by atoms with Crippen molar-refractivity contribution >= 4 is 27.5 Å². The monoisotopic (exact) mass is 411 g/mol. The molecule has 1 unspecified atom stereocenters. The van der Waals surface area contributed by atoms with Crippen LogP contribution < -0.4 is 10.0 Å². The van der Waals surface area contributed by atoms with Crippen molar-refractivity contribution in [1.82, 2.24) is 14.9 Å². The van der Waals surface area contributed by atoms with Crippen molar-refractivity contribution in [2.75, 3.05) is 26.7 Å². The molecule has 27 heavy (non-hydrogen) atoms. The first-order chi connectivity index (χ1) is 12.9. The lowest BCUT2D eigenvalue weighted by Crippen LogP contribution is -2.36. The zero-order valence-electron chi connectivity index (χ0n) is 14.9. The Morgan fingerprint density at radius 1 is 1.26 bits per heavy atom. The molecule has 1 aliphatic rings. The molecule has 146 valence electrons. The Labute approximate surface area is 163 Å². The number of carbonyl (C=O) groups is 1. The van der Waals surface area contributed by atoms with Crippen molar-refractivity contribution in [2.24, 2.45) is 0 Å². The summed E-state index contributed by atoms with van der Waals surface area (Å²) in [6.07, 6.45) is 2.24. The van der Waals surface area contributed by atoms with Gasteiger partial charge in [-0.2, -0.15) is 0 Å². The van der Waals surface area contributed by atoms with Gasteiger partial charge < -0.3 is 9.73 Å². The van der Waals surface area contributed by atoms with Gasteiger partial charge in [0.25, 0.3) is 15.9 Å². The highest BCUT2D eigenvalue weighted by molar-refractivity contribution is 7.89. The highest BCUT2D eigenvalue weighted by atomic mass is 35.5. The third-order valence-electron chi connectivity index (χ3n) is 4.61. The van der Waals surface area contributed by atoms with E-state index in [0.717, 1.165) is 31.5 Å². The molecule has 9 heteroatoms. The number of furan rings is 1. The zero-order chi connectivity index (χ0) is 19.4. The van der Waals surface area contributed by atoms with Crippen LogP contribution in [0.4, 0.5) is 0 Å². The summed E-state index contributed by atoms with van der Waals surface area (Å²) < 4.78 is 30.8. The Kier molecular flexibility index (Phi) is 6.21. The first kappa shape index (κ1) is 19.9. The number of likely N-dealkylation sites (tertiary alicyclic amines) is 1. The first-order valence-electron chi connectivity index (χ1n) is 8.72. The highest BCUT2D eigenvalue weighted by Crippen LogP contribution is 2.26. The molecule has 0 spiro atoms. The normalized spacial score (nSPS) is 16.4. The summed E-state index contributed by atoms with van der Waals surface area (Å²) in [4.78, 5) is 14.7. The maximum atomic E-state index is 12.4. The van der Waals surface area contributed by atoms with Gasteiger partial charge in [-0.1, -0.05) is 23.7 Å². The molecular formula is C18H22ClN3O4S. The molecule has 0 saturated carbocycles. The van der Waals surface area contributed by atoms with Gasteiger partial charge in [-0.25, -0.2) is 13.1 Å². The van der Waals surface area contributed by atoms with Crippen molar-refractivity contribution in [1.29, 1.82) is 0 Å². The van der Waals surface area contributed by atoms with Gasteiger partial charge >= 0.3 is 0 Å². The lowest BCUT2D eigenvalue weighted by Gasteiger charge is -2.28. The maximum absolute atomic E-state index is 12.4. The van der Waals surface area contributed by atoms with E-state index >= 15 is 0 Å². The van der Waals surface area contributed by atoms with Gasteiger partial charge in [0.15, 0.2) is 5.76 Å². The number of benzene rings is 1. The van der Waals surface area contributed by atoms with Crippen LogP contribution in [0, 0.1) is 0 Å². The number of rotatable bonds is 7. The molecule has 2 heterocycles. The molecule has 1 atom stereocenters. The fourth-order valence-corrected chi connectivity index (χ4v) is 4.04. The molecule has 2 aromatic rings. The zero-order valence-corrected chi connectivity index (χ0v) is 16.5. The standard InChI is InChI=1S/C18H22ClN3O4S/c1-20-27(24,25)17-8-7-16(26-17)18(23)21-12-15(22-9-2-3-10-22)13-5-4-6-14(19)11-13/h4-8,11,15,20H,2-3,9-10,12H2,1H3,(H,21,23). The average Bonchev–Trinajstić information content (AvgIpc) is 3.34. The molecule has 1 aromatic heterocycles. The summed E-state index contributed by atoms with van der Waals surface area (Å²) in [6.45, 7) is 2.28. The van der Waals surface area contributed by atoms with Gasteiger partial charge in [0, 0.05) is 11.6 Å². The Hall–Kier alpha value is -1.87. The summed E-state index contributed by atoms with van der Waals surface area (Å²) in [6, 6.07) is 10.2. The van der Waals surface area contributed by atoms with Gasteiger partial charge in [-0.15, -0.1) is 0 Å². The molecule has 1 aromatic carbocycles. The molecule has 1 amide bonds. The molecule has 2 N–H and O–H groups in total. The summed E-state index contributed by atoms with van der Waals surface area (Å²) in [5.41, 5.74) is 1.03. The fraction of sp³-hybridized carbons (Fsp3) is 0.389. The van der Waals surface area contributed by atoms with Crippen molar-refractivity contribution < 1.29 is 17.6 Å². The minimum absolute atomic E-state index is 0.00868. The number of amides is 1. The van der Waals surface area contributed by atoms with Crippen molar-refractivity contribution in [3.63, 3.8) is 0 Å². The molecule has 1 aliphatic heterocycles. The van der Waals surface area contributed by atoms with Gasteiger partial charge in [0.1, 0.15) is 0 Å². The van der Waals surface area contributed by atoms with E-state index in [0.29, 0.717) is 11.6 Å². The van der Waals surface area contributed by atoms with Crippen molar-refractivity contribution in [2.45, 2.75) is 24.0 Å². The quantitative estimate of drug-likeness (QED) is 0.730. The number of hydrogen-bond acceptors (Lipinski definition) is 5. The van der Waals surface area contributed by atoms with Gasteiger partial charge in [0.2, 0.25) is 5.09 Å². The van der Waals surface area contributed by atoms with E-state index in [-0.39, 0.29) is 16.9 Å². The largest absolute Gasteiger partial charge is 0.438 e. The van der Waals surface area contributed by atoms with Crippen LogP contribution in [0.5, 0.6) is 0 Å². The van der Waals surface area contributed by atoms with E-state index in [9.17, 15) is 13.2 Å². The third kappa shape index (κ3) is 4.70. The number of hydrogen-bond donors (Lipinski definition) is 2. The third-order valence-corrected chi connectivity index (χ3v) is 6.13. The summed E-state index contributed by atoms with van der Waals surface area (Å²) in [5, 5.41) is 3.20. The van der Waals surface area contributed by atoms with Gasteiger partial charge in [-0.3, -0.25) is 9.69 Å². The minimum Gasteiger partial charge on any atom is -0.438 e. The van der Waals surface area contributed by atoms with Crippen LogP contribution >= 0.6 is 11.6 Å². The lowest BCUT2D eigenvalue weighted by molar-refractivity contribution is 0.0905. The Morgan fingerprint density at radius 2 is 2.00 bits per heavy atom. The van der Waals surface area contributed by atoms with Crippen LogP contribution in [-0.2, 0) is 10.0 Å². The Bertz CT molecular complexity index is 907. The fourth-order valence-electron chi connectivity index (χ4n) is 3.19. The van der Waals surface area contributed by atoms with E-state index < -0.39 is 15.9 Å². The molecule has 0 bridgehead atoms. The average molecular weight is 412 g/mol. The van der Waals surface area contributed by atoms with Gasteiger partial charge in [-0.05, 0) is 62.8 Å². The highest BCUT2D eigenvalue weighted by Gasteiger charge is 2.25. The van der Waals surface area contributed by atoms with Crippen LogP contribution in [0.1, 0.15) is 35.0 Å². The predicted octanol–water partition coefficient (Wildman–Crippen LogP) is 2.41. The number of nitrogens with zero attached hydrogens (tertiary/aromatic N) is 1. The number of sulfonamides is 1. The molecule has 1 fully saturated rings. The van der Waals surface area contributed by atoms with E-state index in [1.165, 1.54) is 19.2 Å². The molecule has 1 saturated heterocycles. The first-order valence-corrected chi connectivity index (χ1v) is 10.6. The van der Waals surface area contributed by atoms with Crippen LogP contribution in [0.15, 0.2) is 45.9 Å². The molecule has 7 nitrogen and oxygen atoms in total. The second-order valence-electron chi connectivity index (χ2n) is 6.35. The predicted molar refractivity (Wildman–Crippen MR) is 102 cm³/mol. The van der Waals surface area contributed by atoms with E-state index in [2.05, 4.69) is 14.9 Å². The van der Waals surface area contributed by atoms with Crippen LogP contribution in [0.3, 0.4) is 0 Å². The van der Waals surface area contributed by atoms with Crippen molar-refractivity contribution in [3.8, 4) is 0 Å². The molecule has 3 rings (SSSR count). The number of carbonyl (C=O) groups excluding carboxylic acids is 1. The van der Waals surface area contributed by atoms with E-state index in [1.54, 1.807) is 0 Å². The van der Waals surface area contributed by atoms with E-state index in [4.69, 9.17) is 16.0 Å². The van der Waals surface area contributed by atoms with Gasteiger partial charge in [0.05, 0.1) is 6.04 Å². The smallest absolute Gasteiger partial charge is 0.287 e. The maximum Gasteiger partial charge on any atom is 0.287 e. The Morgan fingerprint density at radius 3 is 2.67 bits per heavy atom. The second-order valence-corrected chi connectivity index (χ2v) is 8.60. The minimum atomic E-state index is -3.72. The summed E-state index contributed by atoms with van der Waals surface area (Å²) >= 11 is 6.13. The van der Waals surface area contributed by atoms with Crippen LogP contribution in [0.25, 0.3) is 0 Å². The molecular weight excluding hydrogens is 390 g/mol. The van der Waals surface area contributed by atoms with E-state index in [1.807, 2.05) is 24.3 Å². The topological polar surface area (TPSA) is 91.6 Å². The van der Waals surface area contributed by atoms with Crippen molar-refractivity contribution in [3.05, 3.63) is 52.7 Å². The second kappa shape index (κ2) is 8.43.